The molecular formula is C68H107FN6O. The Hall–Kier alpha value is -4.82. The number of rotatable bonds is 23. The number of nitrogens with zero attached hydrogens (tertiary/aromatic N) is 4. The third kappa shape index (κ3) is 18.1. The van der Waals surface area contributed by atoms with Gasteiger partial charge in [-0.25, -0.2) is 14.4 Å². The van der Waals surface area contributed by atoms with Crippen LogP contribution in [0.15, 0.2) is 94.8 Å². The van der Waals surface area contributed by atoms with E-state index in [9.17, 15) is 4.79 Å². The lowest BCUT2D eigenvalue weighted by Gasteiger charge is -2.32. The number of piperidine rings is 1. The van der Waals surface area contributed by atoms with Crippen molar-refractivity contribution in [2.45, 2.75) is 238 Å². The van der Waals surface area contributed by atoms with E-state index in [1.54, 1.807) is 5.57 Å². The third-order valence-electron chi connectivity index (χ3n) is 15.7. The zero-order chi connectivity index (χ0) is 56.5. The SMILES string of the molecule is C=C(CCC(C=C(C)C)N1Cc2cc(C3CCN(CCCCCCCC4CC4c4cc5nc(C)nc(NC(C)/C(C)=C/C(=C\C)C6=C(CC)CCC=C6)c5cc4CC)CC3)c(F)cc2C1=O)NC.CC.CC.CC.CC. The minimum absolute atomic E-state index is 0.0407. The first-order valence-corrected chi connectivity index (χ1v) is 30.5. The number of carbonyl (C=O) groups excluding carboxylic acids is 1. The first-order chi connectivity index (χ1) is 36.8. The van der Waals surface area contributed by atoms with E-state index in [-0.39, 0.29) is 29.7 Å². The summed E-state index contributed by atoms with van der Waals surface area (Å²) in [6.07, 6.45) is 28.3. The number of benzene rings is 2. The maximum Gasteiger partial charge on any atom is 0.255 e. The van der Waals surface area contributed by atoms with E-state index in [1.165, 1.54) is 84.4 Å². The van der Waals surface area contributed by atoms with Gasteiger partial charge in [0.2, 0.25) is 0 Å². The Labute approximate surface area is 464 Å². The molecule has 7 rings (SSSR count). The Morgan fingerprint density at radius 1 is 0.908 bits per heavy atom. The summed E-state index contributed by atoms with van der Waals surface area (Å²) >= 11 is 0. The number of aromatic nitrogens is 2. The Kier molecular flexibility index (Phi) is 29.4. The summed E-state index contributed by atoms with van der Waals surface area (Å²) in [7, 11) is 1.88. The van der Waals surface area contributed by atoms with Crippen molar-refractivity contribution >= 4 is 22.6 Å². The van der Waals surface area contributed by atoms with Crippen LogP contribution in [0.3, 0.4) is 0 Å². The highest BCUT2D eigenvalue weighted by Crippen LogP contribution is 2.52. The molecule has 0 radical (unpaired) electrons. The summed E-state index contributed by atoms with van der Waals surface area (Å²) in [6.45, 7) is 41.1. The Balaban J connectivity index is 0.00000181. The molecule has 76 heavy (non-hydrogen) atoms. The van der Waals surface area contributed by atoms with E-state index in [2.05, 4.69) is 113 Å². The van der Waals surface area contributed by atoms with Gasteiger partial charge in [-0.3, -0.25) is 4.79 Å². The van der Waals surface area contributed by atoms with Crippen LogP contribution in [0.25, 0.3) is 10.9 Å². The summed E-state index contributed by atoms with van der Waals surface area (Å²) in [4.78, 5) is 28.0. The van der Waals surface area contributed by atoms with Gasteiger partial charge in [-0.15, -0.1) is 0 Å². The molecule has 0 spiro atoms. The zero-order valence-corrected chi connectivity index (χ0v) is 51.3. The average molecular weight is 1040 g/mol. The highest BCUT2D eigenvalue weighted by atomic mass is 19.1. The van der Waals surface area contributed by atoms with Crippen molar-refractivity contribution in [2.75, 3.05) is 32.0 Å². The molecular weight excluding hydrogens is 936 g/mol. The molecule has 4 unspecified atom stereocenters. The van der Waals surface area contributed by atoms with Crippen LogP contribution in [0, 0.1) is 18.7 Å². The van der Waals surface area contributed by atoms with E-state index in [0.29, 0.717) is 18.0 Å². The van der Waals surface area contributed by atoms with Crippen LogP contribution < -0.4 is 10.6 Å². The number of halogens is 1. The van der Waals surface area contributed by atoms with Crippen molar-refractivity contribution < 1.29 is 9.18 Å². The van der Waals surface area contributed by atoms with Crippen LogP contribution in [-0.4, -0.2) is 64.4 Å². The monoisotopic (exact) mass is 1040 g/mol. The lowest BCUT2D eigenvalue weighted by atomic mass is 9.87. The Bertz CT molecular complexity index is 2450. The van der Waals surface area contributed by atoms with Crippen LogP contribution in [0.4, 0.5) is 10.2 Å². The number of aryl methyl sites for hydroxylation is 2. The maximum absolute atomic E-state index is 15.7. The minimum atomic E-state index is -0.217. The second kappa shape index (κ2) is 34.1. The van der Waals surface area contributed by atoms with E-state index in [0.717, 1.165) is 116 Å². The molecule has 4 aliphatic rings. The minimum Gasteiger partial charge on any atom is -0.392 e. The number of allylic oxidation sites excluding steroid dienone is 9. The van der Waals surface area contributed by atoms with Crippen LogP contribution >= 0.6 is 0 Å². The molecule has 7 nitrogen and oxygen atoms in total. The standard InChI is InChI=1S/C60H83FN6O.4C2H6/c1-11-44-21-18-19-23-51(44)45(12-2)32-40(6)42(8)63-59-56-33-46(13-3)53(37-58(56)64-43(9)65-59)52-34-48(52)22-17-15-14-16-20-28-66-29-26-47(27-30-66)54-35-49-38-67(60(68)55(49)36-57(54)61)50(31-39(4)5)25-24-41(7)62-10;4*1-2/h12,19,23,31-33,35-37,42,47-48,50,52,62H,7,11,13-18,20-22,24-30,34,38H2,1-6,8-10H3,(H,63,64,65);4*1-2H3/b40-32+,45-12+;;;;. The van der Waals surface area contributed by atoms with Gasteiger partial charge in [-0.2, -0.15) is 0 Å². The fourth-order valence-electron chi connectivity index (χ4n) is 11.3. The quantitative estimate of drug-likeness (QED) is 0.0560. The van der Waals surface area contributed by atoms with Gasteiger partial charge in [0.1, 0.15) is 17.5 Å². The first kappa shape index (κ1) is 65.5. The maximum atomic E-state index is 15.7. The van der Waals surface area contributed by atoms with Gasteiger partial charge in [0.05, 0.1) is 11.6 Å². The number of unbranched alkanes of at least 4 members (excludes halogenated alkanes) is 4. The smallest absolute Gasteiger partial charge is 0.255 e. The van der Waals surface area contributed by atoms with Gasteiger partial charge in [0, 0.05) is 36.3 Å². The van der Waals surface area contributed by atoms with Gasteiger partial charge < -0.3 is 20.4 Å². The zero-order valence-electron chi connectivity index (χ0n) is 51.3. The molecule has 8 heteroatoms. The third-order valence-corrected chi connectivity index (χ3v) is 15.7. The molecule has 3 aromatic rings. The molecule has 1 saturated heterocycles. The molecule has 2 aliphatic carbocycles. The molecule has 2 aliphatic heterocycles. The molecule has 1 amide bonds. The predicted molar refractivity (Wildman–Crippen MR) is 329 cm³/mol. The van der Waals surface area contributed by atoms with Crippen molar-refractivity contribution in [1.29, 1.82) is 0 Å². The van der Waals surface area contributed by atoms with E-state index in [4.69, 9.17) is 9.97 Å². The summed E-state index contributed by atoms with van der Waals surface area (Å²) in [5.74, 6) is 3.09. The number of amides is 1. The molecule has 2 N–H and O–H groups in total. The summed E-state index contributed by atoms with van der Waals surface area (Å²) in [5.41, 5.74) is 14.0. The number of hydrogen-bond acceptors (Lipinski definition) is 6. The van der Waals surface area contributed by atoms with Crippen LogP contribution in [0.1, 0.15) is 244 Å². The number of anilines is 1. The molecule has 1 saturated carbocycles. The van der Waals surface area contributed by atoms with Gasteiger partial charge >= 0.3 is 0 Å². The molecule has 4 atom stereocenters. The van der Waals surface area contributed by atoms with E-state index < -0.39 is 0 Å². The summed E-state index contributed by atoms with van der Waals surface area (Å²) in [6, 6.07) is 8.41. The largest absolute Gasteiger partial charge is 0.392 e. The highest BCUT2D eigenvalue weighted by molar-refractivity contribution is 5.99. The Morgan fingerprint density at radius 3 is 2.24 bits per heavy atom. The van der Waals surface area contributed by atoms with E-state index in [1.807, 2.05) is 80.3 Å². The summed E-state index contributed by atoms with van der Waals surface area (Å²) in [5, 5.41) is 8.04. The molecule has 422 valence electrons. The number of nitrogens with one attached hydrogen (secondary N) is 2. The van der Waals surface area contributed by atoms with Crippen molar-refractivity contribution in [1.82, 2.24) is 25.1 Å². The first-order valence-electron chi connectivity index (χ1n) is 30.5. The number of carbonyl (C=O) groups is 1. The predicted octanol–water partition coefficient (Wildman–Crippen LogP) is 18.6. The molecule has 1 aromatic heterocycles. The van der Waals surface area contributed by atoms with Crippen LogP contribution in [0.5, 0.6) is 0 Å². The number of likely N-dealkylation sites (tertiary alicyclic amines) is 1. The van der Waals surface area contributed by atoms with Crippen molar-refractivity contribution in [2.24, 2.45) is 5.92 Å². The van der Waals surface area contributed by atoms with Crippen LogP contribution in [0.2, 0.25) is 0 Å². The number of fused-ring (bicyclic) bond motifs is 2. The van der Waals surface area contributed by atoms with Gasteiger partial charge in [0.15, 0.2) is 0 Å². The van der Waals surface area contributed by atoms with E-state index >= 15 is 4.39 Å². The lowest BCUT2D eigenvalue weighted by molar-refractivity contribution is 0.0730. The fraction of sp³-hybridized carbons (Fsp3) is 0.603. The second-order valence-corrected chi connectivity index (χ2v) is 20.8. The van der Waals surface area contributed by atoms with Crippen molar-refractivity contribution in [3.63, 3.8) is 0 Å². The molecule has 3 heterocycles. The topological polar surface area (TPSA) is 73.4 Å². The van der Waals surface area contributed by atoms with Crippen molar-refractivity contribution in [3.05, 3.63) is 134 Å². The Morgan fingerprint density at radius 2 is 1.59 bits per heavy atom. The number of hydrogen-bond donors (Lipinski definition) is 2. The fourth-order valence-corrected chi connectivity index (χ4v) is 11.3. The second-order valence-electron chi connectivity index (χ2n) is 20.8. The van der Waals surface area contributed by atoms with Gasteiger partial charge in [-0.1, -0.05) is 155 Å². The molecule has 2 aromatic carbocycles. The molecule has 0 bridgehead atoms. The van der Waals surface area contributed by atoms with Gasteiger partial charge in [0.25, 0.3) is 5.91 Å². The molecule has 2 fully saturated rings. The normalized spacial score (nSPS) is 18.2. The van der Waals surface area contributed by atoms with Crippen molar-refractivity contribution in [3.8, 4) is 0 Å². The lowest BCUT2D eigenvalue weighted by Crippen LogP contribution is -2.34. The summed E-state index contributed by atoms with van der Waals surface area (Å²) < 4.78 is 15.7. The highest BCUT2D eigenvalue weighted by Gasteiger charge is 2.39. The van der Waals surface area contributed by atoms with Gasteiger partial charge in [-0.05, 0) is 201 Å². The average Bonchev–Trinajstić information content (AvgIpc) is 4.17. The van der Waals surface area contributed by atoms with Crippen LogP contribution in [-0.2, 0) is 13.0 Å².